The molecule has 45 heavy (non-hydrogen) atoms. The van der Waals surface area contributed by atoms with Crippen LogP contribution in [-0.2, 0) is 17.7 Å². The van der Waals surface area contributed by atoms with E-state index in [4.69, 9.17) is 15.2 Å². The number of hydrogen-bond acceptors (Lipinski definition) is 8. The molecule has 2 aromatic carbocycles. The van der Waals surface area contributed by atoms with Crippen LogP contribution >= 0.6 is 11.3 Å². The second-order valence-corrected chi connectivity index (χ2v) is 11.4. The fourth-order valence-corrected chi connectivity index (χ4v) is 6.09. The lowest BCUT2D eigenvalue weighted by molar-refractivity contribution is 0.0594. The van der Waals surface area contributed by atoms with Crippen molar-refractivity contribution in [3.63, 3.8) is 0 Å². The third kappa shape index (κ3) is 7.24. The number of fused-ring (bicyclic) bond motifs is 3. The fourth-order valence-electron chi connectivity index (χ4n) is 5.13. The van der Waals surface area contributed by atoms with Crippen molar-refractivity contribution in [1.29, 1.82) is 0 Å². The molecule has 236 valence electrons. The van der Waals surface area contributed by atoms with E-state index in [0.29, 0.717) is 47.6 Å². The highest BCUT2D eigenvalue weighted by atomic mass is 32.1. The molecule has 2 aromatic heterocycles. The molecular weight excluding hydrogens is 588 g/mol. The summed E-state index contributed by atoms with van der Waals surface area (Å²) in [5, 5.41) is 7.84. The molecule has 1 unspecified atom stereocenters. The van der Waals surface area contributed by atoms with Crippen LogP contribution in [0.3, 0.4) is 0 Å². The van der Waals surface area contributed by atoms with Crippen LogP contribution < -0.4 is 21.1 Å². The van der Waals surface area contributed by atoms with E-state index in [1.807, 2.05) is 58.2 Å². The number of nitrogens with one attached hydrogen (secondary N) is 2. The largest absolute Gasteiger partial charge is 0.490 e. The van der Waals surface area contributed by atoms with Crippen LogP contribution in [0.15, 0.2) is 53.9 Å². The van der Waals surface area contributed by atoms with Crippen LogP contribution in [0.25, 0.3) is 21.6 Å². The lowest BCUT2D eigenvalue weighted by Crippen LogP contribution is -2.26. The third-order valence-electron chi connectivity index (χ3n) is 7.30. The number of aryl methyl sites for hydroxylation is 1. The number of pyridine rings is 1. The summed E-state index contributed by atoms with van der Waals surface area (Å²) >= 11 is 1.58. The van der Waals surface area contributed by atoms with Crippen LogP contribution in [0.2, 0.25) is 0 Å². The Morgan fingerprint density at radius 2 is 1.82 bits per heavy atom. The summed E-state index contributed by atoms with van der Waals surface area (Å²) in [5.41, 5.74) is 11.3. The highest BCUT2D eigenvalue weighted by Gasteiger charge is 2.28. The number of ether oxygens (including phenoxy) is 2. The van der Waals surface area contributed by atoms with Gasteiger partial charge in [-0.15, -0.1) is 11.3 Å². The molecule has 2 amide bonds. The van der Waals surface area contributed by atoms with Gasteiger partial charge >= 0.3 is 5.97 Å². The predicted molar refractivity (Wildman–Crippen MR) is 179 cm³/mol. The van der Waals surface area contributed by atoms with Gasteiger partial charge in [0.25, 0.3) is 11.8 Å². The number of amides is 2. The number of aromatic nitrogens is 1. The van der Waals surface area contributed by atoms with Gasteiger partial charge in [0.2, 0.25) is 0 Å². The maximum atomic E-state index is 14.1. The zero-order valence-corrected chi connectivity index (χ0v) is 27.4. The summed E-state index contributed by atoms with van der Waals surface area (Å²) in [6, 6.07) is 14.4. The number of carbonyl (C=O) groups excluding carboxylic acids is 3. The Balaban J connectivity index is 0.00000226. The first kappa shape index (κ1) is 33.4. The smallest absolute Gasteiger partial charge is 0.357 e. The SMILES string of the molecule is CC.CCCNC(=O)c1ccc(-c2cc3c(cc2C(=O)Nc2ccc(CN)cc2C)-c2sccc2CC(C)O3)c(C(=O)OC)n1. The maximum absolute atomic E-state index is 14.1. The molecular formula is C35H40N4O5S. The van der Waals surface area contributed by atoms with Gasteiger partial charge in [0.05, 0.1) is 7.11 Å². The van der Waals surface area contributed by atoms with E-state index in [9.17, 15) is 14.4 Å². The average Bonchev–Trinajstić information content (AvgIpc) is 3.46. The number of rotatable bonds is 8. The zero-order valence-electron chi connectivity index (χ0n) is 26.6. The van der Waals surface area contributed by atoms with Crippen LogP contribution in [0.4, 0.5) is 5.69 Å². The molecule has 1 atom stereocenters. The summed E-state index contributed by atoms with van der Waals surface area (Å²) in [7, 11) is 1.25. The van der Waals surface area contributed by atoms with Crippen molar-refractivity contribution in [2.45, 2.75) is 60.1 Å². The van der Waals surface area contributed by atoms with Crippen molar-refractivity contribution in [2.24, 2.45) is 5.73 Å². The van der Waals surface area contributed by atoms with E-state index in [-0.39, 0.29) is 23.4 Å². The van der Waals surface area contributed by atoms with Crippen LogP contribution in [0.5, 0.6) is 5.75 Å². The molecule has 9 nitrogen and oxygen atoms in total. The summed E-state index contributed by atoms with van der Waals surface area (Å²) in [5.74, 6) is -0.927. The second-order valence-electron chi connectivity index (χ2n) is 10.4. The standard InChI is InChI=1S/C33H34N4O5S.C2H6/c1-5-11-35-32(39)27-9-7-22(29(36-27)33(40)41-4)23-16-28-25(30-21(10-12-43-30)14-19(3)42-28)15-24(23)31(38)37-26-8-6-20(17-34)13-18(26)2;1-2/h6-10,12-13,15-16,19H,5,11,14,17,34H2,1-4H3,(H,35,39)(H,37,38);1-2H3. The molecule has 5 rings (SSSR count). The van der Waals surface area contributed by atoms with Crippen molar-refractivity contribution in [3.8, 4) is 27.3 Å². The number of benzene rings is 2. The van der Waals surface area contributed by atoms with E-state index in [0.717, 1.165) is 33.6 Å². The summed E-state index contributed by atoms with van der Waals surface area (Å²) in [4.78, 5) is 45.2. The quantitative estimate of drug-likeness (QED) is 0.183. The molecule has 3 heterocycles. The van der Waals surface area contributed by atoms with Crippen LogP contribution in [0.1, 0.15) is 82.1 Å². The molecule has 0 radical (unpaired) electrons. The van der Waals surface area contributed by atoms with Crippen LogP contribution in [-0.4, -0.2) is 42.5 Å². The van der Waals surface area contributed by atoms with Crippen LogP contribution in [0, 0.1) is 6.92 Å². The first-order chi connectivity index (χ1) is 21.7. The van der Waals surface area contributed by atoms with E-state index in [1.165, 1.54) is 13.2 Å². The van der Waals surface area contributed by atoms with Crippen molar-refractivity contribution in [1.82, 2.24) is 10.3 Å². The first-order valence-corrected chi connectivity index (χ1v) is 16.0. The first-order valence-electron chi connectivity index (χ1n) is 15.1. The Morgan fingerprint density at radius 1 is 1.04 bits per heavy atom. The normalized spacial score (nSPS) is 13.2. The molecule has 10 heteroatoms. The summed E-state index contributed by atoms with van der Waals surface area (Å²) < 4.78 is 11.4. The molecule has 4 aromatic rings. The van der Waals surface area contributed by atoms with Crippen molar-refractivity contribution in [2.75, 3.05) is 19.0 Å². The monoisotopic (exact) mass is 628 g/mol. The summed E-state index contributed by atoms with van der Waals surface area (Å²) in [6.45, 7) is 10.7. The van der Waals surface area contributed by atoms with Gasteiger partial charge in [-0.1, -0.05) is 32.9 Å². The van der Waals surface area contributed by atoms with Gasteiger partial charge in [0.1, 0.15) is 17.5 Å². The van der Waals surface area contributed by atoms with E-state index >= 15 is 0 Å². The van der Waals surface area contributed by atoms with E-state index in [1.54, 1.807) is 29.5 Å². The molecule has 0 saturated carbocycles. The Bertz CT molecular complexity index is 1710. The molecule has 0 aliphatic carbocycles. The molecule has 0 fully saturated rings. The lowest BCUT2D eigenvalue weighted by atomic mass is 9.93. The van der Waals surface area contributed by atoms with Gasteiger partial charge in [0.15, 0.2) is 5.69 Å². The van der Waals surface area contributed by atoms with Gasteiger partial charge in [-0.25, -0.2) is 9.78 Å². The number of esters is 1. The lowest BCUT2D eigenvalue weighted by Gasteiger charge is -2.19. The van der Waals surface area contributed by atoms with E-state index in [2.05, 4.69) is 21.7 Å². The maximum Gasteiger partial charge on any atom is 0.357 e. The van der Waals surface area contributed by atoms with E-state index < -0.39 is 11.9 Å². The average molecular weight is 629 g/mol. The van der Waals surface area contributed by atoms with Crippen molar-refractivity contribution < 1.29 is 23.9 Å². The molecule has 1 aliphatic rings. The number of methoxy groups -OCH3 is 1. The van der Waals surface area contributed by atoms with Gasteiger partial charge in [-0.3, -0.25) is 9.59 Å². The molecule has 0 saturated heterocycles. The number of nitrogens with two attached hydrogens (primary N) is 1. The zero-order chi connectivity index (χ0) is 32.7. The molecule has 0 bridgehead atoms. The van der Waals surface area contributed by atoms with Gasteiger partial charge in [0, 0.05) is 52.3 Å². The number of hydrogen-bond donors (Lipinski definition) is 3. The predicted octanol–water partition coefficient (Wildman–Crippen LogP) is 6.77. The number of anilines is 1. The highest BCUT2D eigenvalue weighted by Crippen LogP contribution is 2.44. The number of nitrogens with zero attached hydrogens (tertiary/aromatic N) is 1. The Labute approximate surface area is 268 Å². The van der Waals surface area contributed by atoms with Crippen molar-refractivity contribution >= 4 is 34.8 Å². The molecule has 4 N–H and O–H groups in total. The number of carbonyl (C=O) groups is 3. The minimum atomic E-state index is -0.732. The second kappa shape index (κ2) is 15.0. The Hall–Kier alpha value is -4.54. The highest BCUT2D eigenvalue weighted by molar-refractivity contribution is 7.13. The van der Waals surface area contributed by atoms with Gasteiger partial charge in [-0.2, -0.15) is 0 Å². The minimum Gasteiger partial charge on any atom is -0.490 e. The minimum absolute atomic E-state index is 0.0714. The topological polar surface area (TPSA) is 133 Å². The third-order valence-corrected chi connectivity index (χ3v) is 8.29. The summed E-state index contributed by atoms with van der Waals surface area (Å²) in [6.07, 6.45) is 1.35. The molecule has 0 spiro atoms. The number of thiophene rings is 1. The van der Waals surface area contributed by atoms with Crippen molar-refractivity contribution in [3.05, 3.63) is 87.6 Å². The fraction of sp³-hybridized carbons (Fsp3) is 0.314. The van der Waals surface area contributed by atoms with Gasteiger partial charge in [-0.05, 0) is 78.7 Å². The van der Waals surface area contributed by atoms with Gasteiger partial charge < -0.3 is 25.8 Å². The molecule has 1 aliphatic heterocycles. The Kier molecular flexibility index (Phi) is 11.1. The Morgan fingerprint density at radius 3 is 2.51 bits per heavy atom.